The molecule has 0 aliphatic heterocycles. The summed E-state index contributed by atoms with van der Waals surface area (Å²) in [5.41, 5.74) is 2.24. The minimum Gasteiger partial charge on any atom is -0.396 e. The number of hydrogen-bond donors (Lipinski definition) is 2. The van der Waals surface area contributed by atoms with Crippen LogP contribution in [0.5, 0.6) is 0 Å². The van der Waals surface area contributed by atoms with Gasteiger partial charge in [-0.2, -0.15) is 0 Å². The number of imidazole rings is 1. The molecule has 2 N–H and O–H groups in total. The predicted octanol–water partition coefficient (Wildman–Crippen LogP) is 2.07. The Hall–Kier alpha value is -1.39. The number of nitrogens with one attached hydrogen (secondary N) is 1. The summed E-state index contributed by atoms with van der Waals surface area (Å²) in [6.07, 6.45) is 3.67. The van der Waals surface area contributed by atoms with Crippen molar-refractivity contribution >= 4 is 11.0 Å². The van der Waals surface area contributed by atoms with Crippen LogP contribution in [-0.2, 0) is 13.6 Å². The van der Waals surface area contributed by atoms with E-state index in [-0.39, 0.29) is 0 Å². The minimum atomic E-state index is 0.332. The topological polar surface area (TPSA) is 50.1 Å². The summed E-state index contributed by atoms with van der Waals surface area (Å²) in [7, 11) is 2.07. The van der Waals surface area contributed by atoms with Crippen molar-refractivity contribution in [2.45, 2.75) is 25.8 Å². The van der Waals surface area contributed by atoms with Crippen LogP contribution in [0, 0.1) is 11.8 Å². The molecule has 2 unspecified atom stereocenters. The van der Waals surface area contributed by atoms with Crippen molar-refractivity contribution in [3.05, 3.63) is 30.1 Å². The van der Waals surface area contributed by atoms with Crippen molar-refractivity contribution in [2.75, 3.05) is 13.2 Å². The quantitative estimate of drug-likeness (QED) is 0.877. The molecule has 20 heavy (non-hydrogen) atoms. The summed E-state index contributed by atoms with van der Waals surface area (Å²) in [6.45, 7) is 2.10. The van der Waals surface area contributed by atoms with E-state index in [0.29, 0.717) is 18.4 Å². The normalized spacial score (nSPS) is 22.7. The number of benzene rings is 1. The summed E-state index contributed by atoms with van der Waals surface area (Å²) in [5.74, 6) is 2.18. The lowest BCUT2D eigenvalue weighted by Gasteiger charge is -2.17. The van der Waals surface area contributed by atoms with Gasteiger partial charge in [0.05, 0.1) is 17.6 Å². The molecular formula is C16H23N3O. The van der Waals surface area contributed by atoms with Crippen molar-refractivity contribution in [3.8, 4) is 0 Å². The number of para-hydroxylation sites is 2. The average Bonchev–Trinajstić information content (AvgIpc) is 3.05. The van der Waals surface area contributed by atoms with Gasteiger partial charge in [-0.25, -0.2) is 4.98 Å². The van der Waals surface area contributed by atoms with Crippen LogP contribution in [-0.4, -0.2) is 27.8 Å². The zero-order valence-corrected chi connectivity index (χ0v) is 12.0. The van der Waals surface area contributed by atoms with Crippen molar-refractivity contribution in [1.82, 2.24) is 14.9 Å². The molecule has 4 nitrogen and oxygen atoms in total. The third-order valence-electron chi connectivity index (χ3n) is 4.62. The Balaban J connectivity index is 1.61. The summed E-state index contributed by atoms with van der Waals surface area (Å²) in [5, 5.41) is 12.9. The molecule has 1 aromatic carbocycles. The van der Waals surface area contributed by atoms with Crippen molar-refractivity contribution in [3.63, 3.8) is 0 Å². The SMILES string of the molecule is Cn1c(CNCC2CCCC2CO)nc2ccccc21. The number of rotatable bonds is 5. The Labute approximate surface area is 119 Å². The third-order valence-corrected chi connectivity index (χ3v) is 4.62. The van der Waals surface area contributed by atoms with Gasteiger partial charge in [-0.3, -0.25) is 0 Å². The zero-order valence-electron chi connectivity index (χ0n) is 12.0. The second kappa shape index (κ2) is 5.94. The van der Waals surface area contributed by atoms with Gasteiger partial charge < -0.3 is 15.0 Å². The molecule has 108 valence electrons. The number of fused-ring (bicyclic) bond motifs is 1. The van der Waals surface area contributed by atoms with E-state index in [4.69, 9.17) is 0 Å². The van der Waals surface area contributed by atoms with Gasteiger partial charge >= 0.3 is 0 Å². The molecule has 0 spiro atoms. The summed E-state index contributed by atoms with van der Waals surface area (Å²) >= 11 is 0. The molecular weight excluding hydrogens is 250 g/mol. The number of aliphatic hydroxyl groups excluding tert-OH is 1. The van der Waals surface area contributed by atoms with Gasteiger partial charge in [-0.1, -0.05) is 18.6 Å². The molecule has 4 heteroatoms. The Kier molecular flexibility index (Phi) is 4.03. The van der Waals surface area contributed by atoms with Gasteiger partial charge in [0.1, 0.15) is 5.82 Å². The largest absolute Gasteiger partial charge is 0.396 e. The first-order valence-electron chi connectivity index (χ1n) is 7.51. The van der Waals surface area contributed by atoms with E-state index < -0.39 is 0 Å². The van der Waals surface area contributed by atoms with Crippen LogP contribution >= 0.6 is 0 Å². The molecule has 1 aliphatic rings. The van der Waals surface area contributed by atoms with Gasteiger partial charge in [0.15, 0.2) is 0 Å². The van der Waals surface area contributed by atoms with E-state index in [9.17, 15) is 5.11 Å². The van der Waals surface area contributed by atoms with E-state index in [0.717, 1.165) is 24.4 Å². The second-order valence-electron chi connectivity index (χ2n) is 5.84. The van der Waals surface area contributed by atoms with Gasteiger partial charge in [0.2, 0.25) is 0 Å². The standard InChI is InChI=1S/C16H23N3O/c1-19-15-8-3-2-7-14(15)18-16(19)10-17-9-12-5-4-6-13(12)11-20/h2-3,7-8,12-13,17,20H,4-6,9-11H2,1H3. The fraction of sp³-hybridized carbons (Fsp3) is 0.562. The number of aliphatic hydroxyl groups is 1. The van der Waals surface area contributed by atoms with E-state index in [1.807, 2.05) is 12.1 Å². The highest BCUT2D eigenvalue weighted by Crippen LogP contribution is 2.30. The second-order valence-corrected chi connectivity index (χ2v) is 5.84. The summed E-state index contributed by atoms with van der Waals surface area (Å²) < 4.78 is 2.15. The maximum Gasteiger partial charge on any atom is 0.123 e. The highest BCUT2D eigenvalue weighted by molar-refractivity contribution is 5.75. The minimum absolute atomic E-state index is 0.332. The number of hydrogen-bond acceptors (Lipinski definition) is 3. The smallest absolute Gasteiger partial charge is 0.123 e. The van der Waals surface area contributed by atoms with Gasteiger partial charge in [0, 0.05) is 13.7 Å². The van der Waals surface area contributed by atoms with Crippen LogP contribution in [0.25, 0.3) is 11.0 Å². The zero-order chi connectivity index (χ0) is 13.9. The molecule has 1 aliphatic carbocycles. The first-order chi connectivity index (χ1) is 9.79. The summed E-state index contributed by atoms with van der Waals surface area (Å²) in [6, 6.07) is 8.23. The highest BCUT2D eigenvalue weighted by Gasteiger charge is 2.26. The first kappa shape index (κ1) is 13.6. The molecule has 1 saturated carbocycles. The fourth-order valence-corrected chi connectivity index (χ4v) is 3.35. The predicted molar refractivity (Wildman–Crippen MR) is 80.3 cm³/mol. The Morgan fingerprint density at radius 1 is 1.30 bits per heavy atom. The highest BCUT2D eigenvalue weighted by atomic mass is 16.3. The Bertz CT molecular complexity index is 578. The van der Waals surface area contributed by atoms with E-state index in [2.05, 4.69) is 34.0 Å². The van der Waals surface area contributed by atoms with Crippen LogP contribution in [0.2, 0.25) is 0 Å². The number of nitrogens with zero attached hydrogens (tertiary/aromatic N) is 2. The van der Waals surface area contributed by atoms with Crippen LogP contribution in [0.3, 0.4) is 0 Å². The molecule has 0 radical (unpaired) electrons. The first-order valence-corrected chi connectivity index (χ1v) is 7.51. The van der Waals surface area contributed by atoms with Crippen LogP contribution < -0.4 is 5.32 Å². The monoisotopic (exact) mass is 273 g/mol. The molecule has 0 saturated heterocycles. The lowest BCUT2D eigenvalue weighted by Crippen LogP contribution is -2.27. The van der Waals surface area contributed by atoms with Crippen LogP contribution in [0.4, 0.5) is 0 Å². The van der Waals surface area contributed by atoms with Crippen LogP contribution in [0.15, 0.2) is 24.3 Å². The fourth-order valence-electron chi connectivity index (χ4n) is 3.35. The average molecular weight is 273 g/mol. The molecule has 1 fully saturated rings. The molecule has 0 amide bonds. The van der Waals surface area contributed by atoms with E-state index >= 15 is 0 Å². The van der Waals surface area contributed by atoms with E-state index in [1.165, 1.54) is 24.8 Å². The Morgan fingerprint density at radius 2 is 2.10 bits per heavy atom. The number of aromatic nitrogens is 2. The van der Waals surface area contributed by atoms with Gasteiger partial charge in [-0.05, 0) is 43.4 Å². The number of aryl methyl sites for hydroxylation is 1. The summed E-state index contributed by atoms with van der Waals surface area (Å²) in [4.78, 5) is 4.67. The van der Waals surface area contributed by atoms with E-state index in [1.54, 1.807) is 0 Å². The molecule has 0 bridgehead atoms. The van der Waals surface area contributed by atoms with Crippen molar-refractivity contribution in [1.29, 1.82) is 0 Å². The molecule has 2 aromatic rings. The Morgan fingerprint density at radius 3 is 2.90 bits per heavy atom. The van der Waals surface area contributed by atoms with Crippen molar-refractivity contribution in [2.24, 2.45) is 18.9 Å². The molecule has 1 aromatic heterocycles. The maximum atomic E-state index is 9.35. The lowest BCUT2D eigenvalue weighted by atomic mass is 9.97. The third kappa shape index (κ3) is 2.58. The van der Waals surface area contributed by atoms with Crippen LogP contribution in [0.1, 0.15) is 25.1 Å². The molecule has 3 rings (SSSR count). The molecule has 1 heterocycles. The van der Waals surface area contributed by atoms with Crippen molar-refractivity contribution < 1.29 is 5.11 Å². The molecule has 2 atom stereocenters. The maximum absolute atomic E-state index is 9.35. The van der Waals surface area contributed by atoms with Gasteiger partial charge in [-0.15, -0.1) is 0 Å². The lowest BCUT2D eigenvalue weighted by molar-refractivity contribution is 0.192. The van der Waals surface area contributed by atoms with Gasteiger partial charge in [0.25, 0.3) is 0 Å².